The fourth-order valence-electron chi connectivity index (χ4n) is 1.75. The summed E-state index contributed by atoms with van der Waals surface area (Å²) in [5, 5.41) is 0. The Bertz CT molecular complexity index is 163. The number of hydrogen-bond donors (Lipinski definition) is 0. The fourth-order valence-corrected chi connectivity index (χ4v) is 1.75. The average Bonchev–Trinajstić information content (AvgIpc) is 1.81. The fraction of sp³-hybridized carbons (Fsp3) is 0.800. The highest BCUT2D eigenvalue weighted by atomic mass is 15.3. The molecule has 78 valence electrons. The van der Waals surface area contributed by atoms with E-state index in [-0.39, 0.29) is 0 Å². The van der Waals surface area contributed by atoms with Crippen LogP contribution in [-0.2, 0) is 0 Å². The Balaban J connectivity index is 4.55. The normalized spacial score (nSPS) is 13.2. The van der Waals surface area contributed by atoms with E-state index in [0.29, 0.717) is 6.17 Å². The van der Waals surface area contributed by atoms with Gasteiger partial charge in [0, 0.05) is 20.3 Å². The van der Waals surface area contributed by atoms with Gasteiger partial charge in [0.15, 0.2) is 0 Å². The lowest BCUT2D eigenvalue weighted by atomic mass is 10.2. The van der Waals surface area contributed by atoms with E-state index in [2.05, 4.69) is 56.0 Å². The summed E-state index contributed by atoms with van der Waals surface area (Å²) in [4.78, 5) is 6.49. The molecule has 0 amide bonds. The standard InChI is InChI=1S/C10H23N3/c1-9(8-11(2)3)10(12(4)5)13(6)7/h8,10H,1-7H3. The molecule has 13 heavy (non-hydrogen) atoms. The van der Waals surface area contributed by atoms with E-state index in [1.54, 1.807) is 0 Å². The first-order valence-electron chi connectivity index (χ1n) is 4.54. The van der Waals surface area contributed by atoms with Crippen molar-refractivity contribution in [1.29, 1.82) is 0 Å². The Hall–Kier alpha value is -0.540. The molecule has 0 aliphatic carbocycles. The Morgan fingerprint density at radius 3 is 1.54 bits per heavy atom. The first kappa shape index (κ1) is 12.5. The highest BCUT2D eigenvalue weighted by molar-refractivity contribution is 5.05. The van der Waals surface area contributed by atoms with Crippen molar-refractivity contribution in [1.82, 2.24) is 14.7 Å². The van der Waals surface area contributed by atoms with Gasteiger partial charge >= 0.3 is 0 Å². The lowest BCUT2D eigenvalue weighted by Crippen LogP contribution is -2.41. The second-order valence-electron chi connectivity index (χ2n) is 4.14. The van der Waals surface area contributed by atoms with Gasteiger partial charge in [0.2, 0.25) is 0 Å². The molecule has 0 aliphatic heterocycles. The minimum atomic E-state index is 0.377. The molecule has 0 saturated heterocycles. The molecule has 0 aromatic carbocycles. The number of nitrogens with zero attached hydrogens (tertiary/aromatic N) is 3. The van der Waals surface area contributed by atoms with Gasteiger partial charge in [0.05, 0.1) is 6.17 Å². The van der Waals surface area contributed by atoms with Gasteiger partial charge in [-0.25, -0.2) is 0 Å². The van der Waals surface area contributed by atoms with Crippen molar-refractivity contribution in [3.05, 3.63) is 11.8 Å². The van der Waals surface area contributed by atoms with Crippen molar-refractivity contribution in [3.8, 4) is 0 Å². The van der Waals surface area contributed by atoms with Crippen LogP contribution in [0.5, 0.6) is 0 Å². The smallest absolute Gasteiger partial charge is 0.0849 e. The van der Waals surface area contributed by atoms with Crippen molar-refractivity contribution in [2.45, 2.75) is 13.1 Å². The van der Waals surface area contributed by atoms with Crippen molar-refractivity contribution in [2.75, 3.05) is 42.3 Å². The highest BCUT2D eigenvalue weighted by Gasteiger charge is 2.15. The third-order valence-electron chi connectivity index (χ3n) is 1.85. The summed E-state index contributed by atoms with van der Waals surface area (Å²) in [7, 11) is 12.5. The van der Waals surface area contributed by atoms with Gasteiger partial charge < -0.3 is 4.90 Å². The lowest BCUT2D eigenvalue weighted by molar-refractivity contribution is 0.161. The van der Waals surface area contributed by atoms with Crippen molar-refractivity contribution in [3.63, 3.8) is 0 Å². The molecule has 0 fully saturated rings. The Kier molecular flexibility index (Phi) is 5.03. The van der Waals surface area contributed by atoms with Crippen molar-refractivity contribution >= 4 is 0 Å². The van der Waals surface area contributed by atoms with Gasteiger partial charge in [-0.15, -0.1) is 0 Å². The molecule has 3 heteroatoms. The molecule has 0 atom stereocenters. The number of rotatable bonds is 4. The lowest BCUT2D eigenvalue weighted by Gasteiger charge is -2.31. The summed E-state index contributed by atoms with van der Waals surface area (Å²) in [6.07, 6.45) is 2.53. The molecular weight excluding hydrogens is 162 g/mol. The maximum atomic E-state index is 2.20. The van der Waals surface area contributed by atoms with E-state index < -0.39 is 0 Å². The molecule has 0 N–H and O–H groups in total. The third kappa shape index (κ3) is 4.29. The van der Waals surface area contributed by atoms with Gasteiger partial charge in [0.1, 0.15) is 0 Å². The van der Waals surface area contributed by atoms with Crippen molar-refractivity contribution < 1.29 is 0 Å². The molecule has 0 aliphatic rings. The summed E-state index contributed by atoms with van der Waals surface area (Å²) in [6, 6.07) is 0. The SMILES string of the molecule is CC(=CN(C)C)C(N(C)C)N(C)C. The second-order valence-corrected chi connectivity index (χ2v) is 4.14. The topological polar surface area (TPSA) is 9.72 Å². The average molecular weight is 185 g/mol. The summed E-state index contributed by atoms with van der Waals surface area (Å²) < 4.78 is 0. The van der Waals surface area contributed by atoms with Crippen LogP contribution >= 0.6 is 0 Å². The first-order valence-corrected chi connectivity index (χ1v) is 4.54. The monoisotopic (exact) mass is 185 g/mol. The van der Waals surface area contributed by atoms with E-state index in [1.165, 1.54) is 5.57 Å². The molecule has 0 spiro atoms. The van der Waals surface area contributed by atoms with Crippen LogP contribution in [0, 0.1) is 0 Å². The summed E-state index contributed by atoms with van der Waals surface area (Å²) >= 11 is 0. The van der Waals surface area contributed by atoms with Crippen LogP contribution in [0.2, 0.25) is 0 Å². The summed E-state index contributed by atoms with van der Waals surface area (Å²) in [5.74, 6) is 0. The molecule has 0 saturated carbocycles. The zero-order valence-electron chi connectivity index (χ0n) is 10.00. The molecule has 0 bridgehead atoms. The highest BCUT2D eigenvalue weighted by Crippen LogP contribution is 2.09. The molecule has 0 heterocycles. The number of likely N-dealkylation sites (N-methyl/N-ethyl adjacent to an activating group) is 2. The van der Waals surface area contributed by atoms with Gasteiger partial charge in [-0.3, -0.25) is 9.80 Å². The van der Waals surface area contributed by atoms with Crippen LogP contribution in [0.25, 0.3) is 0 Å². The molecule has 0 aromatic rings. The van der Waals surface area contributed by atoms with Crippen LogP contribution in [0.4, 0.5) is 0 Å². The molecule has 0 rings (SSSR count). The quantitative estimate of drug-likeness (QED) is 0.603. The van der Waals surface area contributed by atoms with E-state index in [0.717, 1.165) is 0 Å². The summed E-state index contributed by atoms with van der Waals surface area (Å²) in [6.45, 7) is 2.16. The van der Waals surface area contributed by atoms with Crippen LogP contribution in [0.1, 0.15) is 6.92 Å². The van der Waals surface area contributed by atoms with Gasteiger partial charge in [-0.1, -0.05) is 0 Å². The van der Waals surface area contributed by atoms with Crippen LogP contribution in [0.15, 0.2) is 11.8 Å². The van der Waals surface area contributed by atoms with Crippen LogP contribution in [0.3, 0.4) is 0 Å². The zero-order valence-corrected chi connectivity index (χ0v) is 10.00. The van der Waals surface area contributed by atoms with Crippen LogP contribution in [-0.4, -0.2) is 63.2 Å². The summed E-state index contributed by atoms with van der Waals surface area (Å²) in [5.41, 5.74) is 1.35. The van der Waals surface area contributed by atoms with Gasteiger partial charge in [-0.05, 0) is 40.7 Å². The van der Waals surface area contributed by atoms with Crippen LogP contribution < -0.4 is 0 Å². The Morgan fingerprint density at radius 2 is 1.31 bits per heavy atom. The Morgan fingerprint density at radius 1 is 0.923 bits per heavy atom. The molecule has 0 unspecified atom stereocenters. The van der Waals surface area contributed by atoms with E-state index in [9.17, 15) is 0 Å². The predicted octanol–water partition coefficient (Wildman–Crippen LogP) is 0.901. The minimum absolute atomic E-state index is 0.377. The van der Waals surface area contributed by atoms with E-state index in [1.807, 2.05) is 14.1 Å². The maximum absolute atomic E-state index is 2.20. The molecule has 0 radical (unpaired) electrons. The minimum Gasteiger partial charge on any atom is -0.383 e. The molecule has 0 aromatic heterocycles. The molecular formula is C10H23N3. The zero-order chi connectivity index (χ0) is 10.6. The van der Waals surface area contributed by atoms with E-state index in [4.69, 9.17) is 0 Å². The molecule has 3 nitrogen and oxygen atoms in total. The third-order valence-corrected chi connectivity index (χ3v) is 1.85. The first-order chi connectivity index (χ1) is 5.86. The second kappa shape index (κ2) is 5.25. The Labute approximate surface area is 82.6 Å². The van der Waals surface area contributed by atoms with Crippen molar-refractivity contribution in [2.24, 2.45) is 0 Å². The largest absolute Gasteiger partial charge is 0.383 e. The maximum Gasteiger partial charge on any atom is 0.0849 e. The number of hydrogen-bond acceptors (Lipinski definition) is 3. The van der Waals surface area contributed by atoms with Gasteiger partial charge in [0.25, 0.3) is 0 Å². The predicted molar refractivity (Wildman–Crippen MR) is 58.6 cm³/mol. The van der Waals surface area contributed by atoms with Gasteiger partial charge in [-0.2, -0.15) is 0 Å². The van der Waals surface area contributed by atoms with E-state index >= 15 is 0 Å².